The lowest BCUT2D eigenvalue weighted by atomic mass is 10.0. The number of aliphatic hydroxyl groups is 4. The highest BCUT2D eigenvalue weighted by Crippen LogP contribution is 2.34. The van der Waals surface area contributed by atoms with Crippen LogP contribution in [0.4, 0.5) is 0 Å². The van der Waals surface area contributed by atoms with Crippen molar-refractivity contribution in [2.24, 2.45) is 0 Å². The monoisotopic (exact) mass is 352 g/mol. The molecule has 130 valence electrons. The normalized spacial score (nSPS) is 30.6. The van der Waals surface area contributed by atoms with Crippen molar-refractivity contribution in [3.63, 3.8) is 0 Å². The molecule has 2 heterocycles. The van der Waals surface area contributed by atoms with E-state index in [0.29, 0.717) is 11.7 Å². The molecule has 2 aromatic rings. The van der Waals surface area contributed by atoms with Crippen LogP contribution in [0.25, 0.3) is 11.0 Å². The molecule has 1 saturated heterocycles. The van der Waals surface area contributed by atoms with Crippen LogP contribution in [0.15, 0.2) is 42.1 Å². The Morgan fingerprint density at radius 2 is 1.96 bits per heavy atom. The molecule has 1 aromatic heterocycles. The lowest BCUT2D eigenvalue weighted by molar-refractivity contribution is -0.205. The number of para-hydroxylation sites is 2. The van der Waals surface area contributed by atoms with E-state index in [4.69, 9.17) is 4.74 Å². The molecule has 4 N–H and O–H groups in total. The summed E-state index contributed by atoms with van der Waals surface area (Å²) in [5, 5.41) is 39.8. The number of thioether (sulfide) groups is 1. The molecular formula is C16H20N2O5S. The molecule has 0 radical (unpaired) electrons. The summed E-state index contributed by atoms with van der Waals surface area (Å²) in [4.78, 5) is 4.54. The smallest absolute Gasteiger partial charge is 0.171 e. The summed E-state index contributed by atoms with van der Waals surface area (Å²) in [5.41, 5.74) is 0.858. The first-order valence-electron chi connectivity index (χ1n) is 7.60. The van der Waals surface area contributed by atoms with Gasteiger partial charge in [-0.25, -0.2) is 4.98 Å². The van der Waals surface area contributed by atoms with Crippen molar-refractivity contribution in [2.75, 3.05) is 6.61 Å². The molecule has 5 unspecified atom stereocenters. The SMILES string of the molecule is C=CCn1c(SC2OC(CO)C(O)C(O)C2O)nc2ccccc21. The van der Waals surface area contributed by atoms with Crippen LogP contribution in [0.1, 0.15) is 0 Å². The minimum absolute atomic E-state index is 0.453. The van der Waals surface area contributed by atoms with Crippen LogP contribution >= 0.6 is 11.8 Å². The number of rotatable bonds is 5. The van der Waals surface area contributed by atoms with E-state index in [1.54, 1.807) is 6.08 Å². The molecule has 1 aliphatic rings. The highest BCUT2D eigenvalue weighted by molar-refractivity contribution is 7.99. The van der Waals surface area contributed by atoms with E-state index in [1.165, 1.54) is 0 Å². The van der Waals surface area contributed by atoms with E-state index in [-0.39, 0.29) is 0 Å². The van der Waals surface area contributed by atoms with Gasteiger partial charge in [0.2, 0.25) is 0 Å². The van der Waals surface area contributed by atoms with Gasteiger partial charge < -0.3 is 29.7 Å². The van der Waals surface area contributed by atoms with Crippen molar-refractivity contribution in [1.29, 1.82) is 0 Å². The highest BCUT2D eigenvalue weighted by Gasteiger charge is 2.44. The van der Waals surface area contributed by atoms with E-state index >= 15 is 0 Å². The number of aliphatic hydroxyl groups excluding tert-OH is 4. The Balaban J connectivity index is 1.91. The molecule has 0 amide bonds. The Kier molecular flexibility index (Phi) is 5.24. The van der Waals surface area contributed by atoms with Crippen LogP contribution in [0, 0.1) is 0 Å². The number of allylic oxidation sites excluding steroid dienone is 1. The third kappa shape index (κ3) is 3.08. The third-order valence-electron chi connectivity index (χ3n) is 4.00. The lowest BCUT2D eigenvalue weighted by Gasteiger charge is -2.39. The lowest BCUT2D eigenvalue weighted by Crippen LogP contribution is -2.57. The fourth-order valence-corrected chi connectivity index (χ4v) is 3.88. The number of aromatic nitrogens is 2. The summed E-state index contributed by atoms with van der Waals surface area (Å²) < 4.78 is 7.46. The second-order valence-corrected chi connectivity index (χ2v) is 6.66. The summed E-state index contributed by atoms with van der Waals surface area (Å²) in [5.74, 6) is 0. The first kappa shape index (κ1) is 17.4. The van der Waals surface area contributed by atoms with Crippen LogP contribution < -0.4 is 0 Å². The zero-order valence-electron chi connectivity index (χ0n) is 12.9. The standard InChI is InChI=1S/C16H20N2O5S/c1-2-7-18-10-6-4-3-5-9(10)17-16(18)24-15-14(22)13(21)12(20)11(8-19)23-15/h2-6,11-15,19-22H,1,7-8H2. The van der Waals surface area contributed by atoms with Crippen molar-refractivity contribution in [3.05, 3.63) is 36.9 Å². The van der Waals surface area contributed by atoms with Crippen molar-refractivity contribution in [3.8, 4) is 0 Å². The highest BCUT2D eigenvalue weighted by atomic mass is 32.2. The van der Waals surface area contributed by atoms with Gasteiger partial charge in [0.25, 0.3) is 0 Å². The molecule has 1 fully saturated rings. The van der Waals surface area contributed by atoms with Crippen molar-refractivity contribution in [1.82, 2.24) is 9.55 Å². The fraction of sp³-hybridized carbons (Fsp3) is 0.438. The minimum Gasteiger partial charge on any atom is -0.394 e. The molecule has 1 aliphatic heterocycles. The van der Waals surface area contributed by atoms with Gasteiger partial charge >= 0.3 is 0 Å². The molecule has 7 nitrogen and oxygen atoms in total. The van der Waals surface area contributed by atoms with Crippen LogP contribution in [0.2, 0.25) is 0 Å². The molecule has 0 spiro atoms. The van der Waals surface area contributed by atoms with E-state index in [1.807, 2.05) is 28.8 Å². The van der Waals surface area contributed by atoms with Crippen molar-refractivity contribution < 1.29 is 25.2 Å². The van der Waals surface area contributed by atoms with E-state index < -0.39 is 36.5 Å². The van der Waals surface area contributed by atoms with Crippen molar-refractivity contribution >= 4 is 22.8 Å². The van der Waals surface area contributed by atoms with Gasteiger partial charge in [0, 0.05) is 6.54 Å². The average Bonchev–Trinajstić information content (AvgIpc) is 2.93. The summed E-state index contributed by atoms with van der Waals surface area (Å²) in [7, 11) is 0. The van der Waals surface area contributed by atoms with Crippen LogP contribution in [-0.2, 0) is 11.3 Å². The summed E-state index contributed by atoms with van der Waals surface area (Å²) in [6.45, 7) is 3.82. The molecule has 0 saturated carbocycles. The van der Waals surface area contributed by atoms with Gasteiger partial charge in [0.1, 0.15) is 29.9 Å². The third-order valence-corrected chi connectivity index (χ3v) is 5.15. The summed E-state index contributed by atoms with van der Waals surface area (Å²) in [6.07, 6.45) is -3.26. The van der Waals surface area contributed by atoms with E-state index in [2.05, 4.69) is 11.6 Å². The number of nitrogens with zero attached hydrogens (tertiary/aromatic N) is 2. The Bertz CT molecular complexity index is 720. The maximum atomic E-state index is 10.2. The number of fused-ring (bicyclic) bond motifs is 1. The maximum absolute atomic E-state index is 10.2. The summed E-state index contributed by atoms with van der Waals surface area (Å²) >= 11 is 1.14. The van der Waals surface area contributed by atoms with Crippen molar-refractivity contribution in [2.45, 2.75) is 41.6 Å². The van der Waals surface area contributed by atoms with Gasteiger partial charge in [-0.1, -0.05) is 30.0 Å². The van der Waals surface area contributed by atoms with Crippen LogP contribution in [-0.4, -0.2) is 66.4 Å². The number of hydrogen-bond donors (Lipinski definition) is 4. The topological polar surface area (TPSA) is 108 Å². The van der Waals surface area contributed by atoms with Gasteiger partial charge in [-0.15, -0.1) is 6.58 Å². The van der Waals surface area contributed by atoms with Gasteiger partial charge in [-0.3, -0.25) is 0 Å². The van der Waals surface area contributed by atoms with Gasteiger partial charge in [-0.2, -0.15) is 0 Å². The number of hydrogen-bond acceptors (Lipinski definition) is 7. The zero-order valence-corrected chi connectivity index (χ0v) is 13.7. The maximum Gasteiger partial charge on any atom is 0.171 e. The van der Waals surface area contributed by atoms with Gasteiger partial charge in [0.15, 0.2) is 5.16 Å². The molecule has 0 bridgehead atoms. The molecule has 8 heteroatoms. The predicted octanol–water partition coefficient (Wildman–Crippen LogP) is 0.114. The Morgan fingerprint density at radius 1 is 1.21 bits per heavy atom. The zero-order chi connectivity index (χ0) is 17.3. The molecule has 1 aromatic carbocycles. The first-order chi connectivity index (χ1) is 11.6. The number of benzene rings is 1. The fourth-order valence-electron chi connectivity index (χ4n) is 2.72. The second kappa shape index (κ2) is 7.22. The Morgan fingerprint density at radius 3 is 2.67 bits per heavy atom. The number of ether oxygens (including phenoxy) is 1. The van der Waals surface area contributed by atoms with E-state index in [9.17, 15) is 20.4 Å². The number of imidazole rings is 1. The van der Waals surface area contributed by atoms with Gasteiger partial charge in [0.05, 0.1) is 17.6 Å². The molecule has 5 atom stereocenters. The van der Waals surface area contributed by atoms with Gasteiger partial charge in [-0.05, 0) is 12.1 Å². The van der Waals surface area contributed by atoms with Crippen LogP contribution in [0.5, 0.6) is 0 Å². The Labute approximate surface area is 143 Å². The molecule has 0 aliphatic carbocycles. The molecular weight excluding hydrogens is 332 g/mol. The Hall–Kier alpha value is -1.42. The summed E-state index contributed by atoms with van der Waals surface area (Å²) in [6, 6.07) is 7.61. The average molecular weight is 352 g/mol. The molecule has 24 heavy (non-hydrogen) atoms. The first-order valence-corrected chi connectivity index (χ1v) is 8.48. The molecule has 3 rings (SSSR count). The van der Waals surface area contributed by atoms with E-state index in [0.717, 1.165) is 22.8 Å². The second-order valence-electron chi connectivity index (χ2n) is 5.60. The van der Waals surface area contributed by atoms with Crippen LogP contribution in [0.3, 0.4) is 0 Å². The predicted molar refractivity (Wildman–Crippen MR) is 89.6 cm³/mol. The quantitative estimate of drug-likeness (QED) is 0.566. The minimum atomic E-state index is -1.40. The largest absolute Gasteiger partial charge is 0.394 e.